The summed E-state index contributed by atoms with van der Waals surface area (Å²) in [5.74, 6) is -0.189. The molecule has 0 bridgehead atoms. The molecule has 0 fully saturated rings. The molecule has 0 aliphatic carbocycles. The van der Waals surface area contributed by atoms with Crippen LogP contribution in [0.4, 0.5) is 13.2 Å². The topological polar surface area (TPSA) is 72.1 Å². The zero-order chi connectivity index (χ0) is 18.7. The Bertz CT molecular complexity index is 901. The highest BCUT2D eigenvalue weighted by atomic mass is 19.4. The van der Waals surface area contributed by atoms with Gasteiger partial charge in [0.25, 0.3) is 5.91 Å². The molecule has 3 aromatic rings. The summed E-state index contributed by atoms with van der Waals surface area (Å²) in [7, 11) is 0. The zero-order valence-corrected chi connectivity index (χ0v) is 13.4. The molecule has 26 heavy (non-hydrogen) atoms. The van der Waals surface area contributed by atoms with E-state index in [0.717, 1.165) is 12.1 Å². The molecule has 2 N–H and O–H groups in total. The van der Waals surface area contributed by atoms with Crippen LogP contribution in [-0.4, -0.2) is 38.5 Å². The number of hydrogen-bond donors (Lipinski definition) is 2. The van der Waals surface area contributed by atoms with Crippen molar-refractivity contribution in [2.24, 2.45) is 0 Å². The van der Waals surface area contributed by atoms with Crippen molar-refractivity contribution in [3.63, 3.8) is 0 Å². The minimum atomic E-state index is -4.49. The number of nitrogens with zero attached hydrogens (tertiary/aromatic N) is 3. The van der Waals surface area contributed by atoms with Crippen molar-refractivity contribution in [2.45, 2.75) is 6.18 Å². The van der Waals surface area contributed by atoms with Crippen molar-refractivity contribution in [3.8, 4) is 11.5 Å². The molecule has 1 amide bonds. The number of alkyl halides is 3. The van der Waals surface area contributed by atoms with Gasteiger partial charge in [-0.3, -0.25) is 4.79 Å². The van der Waals surface area contributed by atoms with Gasteiger partial charge in [-0.2, -0.15) is 18.3 Å². The van der Waals surface area contributed by atoms with Gasteiger partial charge in [0.15, 0.2) is 5.82 Å². The molecule has 1 aromatic carbocycles. The highest BCUT2D eigenvalue weighted by molar-refractivity contribution is 5.97. The molecule has 0 atom stereocenters. The number of aliphatic hydroxyl groups is 1. The maximum Gasteiger partial charge on any atom is 0.416 e. The minimum Gasteiger partial charge on any atom is -0.395 e. The lowest BCUT2D eigenvalue weighted by atomic mass is 10.2. The summed E-state index contributed by atoms with van der Waals surface area (Å²) in [4.78, 5) is 12.3. The second-order valence-corrected chi connectivity index (χ2v) is 5.41. The SMILES string of the molecule is O=C(NCCO)c1cnn(-c2cccc(C(F)(F)F)c2)c1-n1cccc1. The van der Waals surface area contributed by atoms with Crippen LogP contribution in [0.3, 0.4) is 0 Å². The zero-order valence-electron chi connectivity index (χ0n) is 13.4. The Balaban J connectivity index is 2.11. The van der Waals surface area contributed by atoms with Crippen molar-refractivity contribution >= 4 is 5.91 Å². The Kier molecular flexibility index (Phi) is 4.81. The first-order chi connectivity index (χ1) is 12.4. The fourth-order valence-corrected chi connectivity index (χ4v) is 2.49. The predicted octanol–water partition coefficient (Wildman–Crippen LogP) is 2.40. The van der Waals surface area contributed by atoms with Gasteiger partial charge in [0.1, 0.15) is 5.56 Å². The first-order valence-corrected chi connectivity index (χ1v) is 7.70. The summed E-state index contributed by atoms with van der Waals surface area (Å²) in [5.41, 5.74) is -0.466. The molecule has 2 heterocycles. The average molecular weight is 364 g/mol. The smallest absolute Gasteiger partial charge is 0.395 e. The number of rotatable bonds is 5. The van der Waals surface area contributed by atoms with Gasteiger partial charge < -0.3 is 15.0 Å². The first-order valence-electron chi connectivity index (χ1n) is 7.70. The maximum atomic E-state index is 13.0. The fraction of sp³-hybridized carbons (Fsp3) is 0.176. The molecule has 0 spiro atoms. The molecule has 2 aromatic heterocycles. The first kappa shape index (κ1) is 17.7. The lowest BCUT2D eigenvalue weighted by molar-refractivity contribution is -0.137. The van der Waals surface area contributed by atoms with Gasteiger partial charge in [-0.15, -0.1) is 0 Å². The maximum absolute atomic E-state index is 13.0. The molecule has 3 rings (SSSR count). The average Bonchev–Trinajstić information content (AvgIpc) is 3.27. The van der Waals surface area contributed by atoms with Gasteiger partial charge >= 0.3 is 6.18 Å². The summed E-state index contributed by atoms with van der Waals surface area (Å²) in [5, 5.41) is 15.5. The lowest BCUT2D eigenvalue weighted by Gasteiger charge is -2.13. The van der Waals surface area contributed by atoms with Crippen LogP contribution >= 0.6 is 0 Å². The monoisotopic (exact) mass is 364 g/mol. The predicted molar refractivity (Wildman–Crippen MR) is 87.3 cm³/mol. The minimum absolute atomic E-state index is 0.0543. The van der Waals surface area contributed by atoms with Gasteiger partial charge in [0.05, 0.1) is 24.1 Å². The van der Waals surface area contributed by atoms with E-state index in [1.165, 1.54) is 23.0 Å². The number of amides is 1. The van der Waals surface area contributed by atoms with Crippen LogP contribution in [0, 0.1) is 0 Å². The van der Waals surface area contributed by atoms with Crippen LogP contribution in [0.5, 0.6) is 0 Å². The van der Waals surface area contributed by atoms with E-state index in [-0.39, 0.29) is 24.4 Å². The summed E-state index contributed by atoms with van der Waals surface area (Å²) in [6.07, 6.45) is 0.105. The van der Waals surface area contributed by atoms with Crippen molar-refractivity contribution < 1.29 is 23.1 Å². The molecule has 0 unspecified atom stereocenters. The normalized spacial score (nSPS) is 11.5. The van der Waals surface area contributed by atoms with E-state index >= 15 is 0 Å². The fourth-order valence-electron chi connectivity index (χ4n) is 2.49. The van der Waals surface area contributed by atoms with Crippen molar-refractivity contribution in [3.05, 3.63) is 66.1 Å². The van der Waals surface area contributed by atoms with Gasteiger partial charge in [-0.25, -0.2) is 4.68 Å². The van der Waals surface area contributed by atoms with Gasteiger partial charge in [-0.1, -0.05) is 6.07 Å². The summed E-state index contributed by atoms with van der Waals surface area (Å²) in [6.45, 7) is -0.176. The van der Waals surface area contributed by atoms with Gasteiger partial charge in [0, 0.05) is 18.9 Å². The molecule has 9 heteroatoms. The van der Waals surface area contributed by atoms with Gasteiger partial charge in [0.2, 0.25) is 0 Å². The van der Waals surface area contributed by atoms with Gasteiger partial charge in [-0.05, 0) is 30.3 Å². The third kappa shape index (κ3) is 3.47. The van der Waals surface area contributed by atoms with Crippen LogP contribution in [0.1, 0.15) is 15.9 Å². The van der Waals surface area contributed by atoms with E-state index in [1.54, 1.807) is 29.1 Å². The summed E-state index contributed by atoms with van der Waals surface area (Å²) < 4.78 is 41.9. The molecule has 0 saturated carbocycles. The van der Waals surface area contributed by atoms with E-state index in [2.05, 4.69) is 10.4 Å². The highest BCUT2D eigenvalue weighted by Crippen LogP contribution is 2.31. The lowest BCUT2D eigenvalue weighted by Crippen LogP contribution is -2.27. The standard InChI is InChI=1S/C17H15F3N4O2/c18-17(19,20)12-4-3-5-13(10-12)24-16(23-7-1-2-8-23)14(11-22-24)15(26)21-6-9-25/h1-5,7-8,10-11,25H,6,9H2,(H,21,26). The van der Waals surface area contributed by atoms with E-state index in [9.17, 15) is 18.0 Å². The number of benzene rings is 1. The molecule has 0 radical (unpaired) electrons. The van der Waals surface area contributed by atoms with Crippen LogP contribution < -0.4 is 5.32 Å². The number of hydrogen-bond acceptors (Lipinski definition) is 3. The Morgan fingerprint density at radius 3 is 2.58 bits per heavy atom. The molecule has 6 nitrogen and oxygen atoms in total. The Morgan fingerprint density at radius 2 is 1.92 bits per heavy atom. The van der Waals surface area contributed by atoms with Crippen LogP contribution in [0.25, 0.3) is 11.5 Å². The largest absolute Gasteiger partial charge is 0.416 e. The molecule has 0 aliphatic rings. The molecular formula is C17H15F3N4O2. The summed E-state index contributed by atoms with van der Waals surface area (Å²) >= 11 is 0. The Hall–Kier alpha value is -3.07. The Labute approximate surface area is 146 Å². The third-order valence-corrected chi connectivity index (χ3v) is 3.65. The molecular weight excluding hydrogens is 349 g/mol. The molecule has 0 aliphatic heterocycles. The van der Waals surface area contributed by atoms with E-state index in [1.807, 2.05) is 0 Å². The number of aliphatic hydroxyl groups excluding tert-OH is 1. The number of carbonyl (C=O) groups excluding carboxylic acids is 1. The van der Waals surface area contributed by atoms with Crippen LogP contribution in [0.15, 0.2) is 55.0 Å². The third-order valence-electron chi connectivity index (χ3n) is 3.65. The number of aromatic nitrogens is 3. The second-order valence-electron chi connectivity index (χ2n) is 5.41. The molecule has 0 saturated heterocycles. The quantitative estimate of drug-likeness (QED) is 0.730. The number of halogens is 3. The van der Waals surface area contributed by atoms with Crippen molar-refractivity contribution in [2.75, 3.05) is 13.2 Å². The number of nitrogens with one attached hydrogen (secondary N) is 1. The van der Waals surface area contributed by atoms with E-state index < -0.39 is 17.6 Å². The highest BCUT2D eigenvalue weighted by Gasteiger charge is 2.31. The van der Waals surface area contributed by atoms with Crippen LogP contribution in [0.2, 0.25) is 0 Å². The molecule has 136 valence electrons. The van der Waals surface area contributed by atoms with Crippen molar-refractivity contribution in [1.29, 1.82) is 0 Å². The van der Waals surface area contributed by atoms with E-state index in [0.29, 0.717) is 5.82 Å². The van der Waals surface area contributed by atoms with Crippen molar-refractivity contribution in [1.82, 2.24) is 19.7 Å². The van der Waals surface area contributed by atoms with E-state index in [4.69, 9.17) is 5.11 Å². The number of carbonyl (C=O) groups is 1. The Morgan fingerprint density at radius 1 is 1.19 bits per heavy atom. The van der Waals surface area contributed by atoms with Crippen LogP contribution in [-0.2, 0) is 6.18 Å². The second kappa shape index (κ2) is 7.04. The summed E-state index contributed by atoms with van der Waals surface area (Å²) in [6, 6.07) is 8.14.